The lowest BCUT2D eigenvalue weighted by molar-refractivity contribution is -0.122. The molecular formula is C10H18ClNO2. The predicted octanol–water partition coefficient (Wildman–Crippen LogP) is 1.43. The molecule has 3 nitrogen and oxygen atoms in total. The Kier molecular flexibility index (Phi) is 4.69. The van der Waals surface area contributed by atoms with Crippen molar-refractivity contribution in [3.8, 4) is 0 Å². The van der Waals surface area contributed by atoms with E-state index in [-0.39, 0.29) is 5.91 Å². The van der Waals surface area contributed by atoms with Crippen LogP contribution in [0.2, 0.25) is 0 Å². The Labute approximate surface area is 89.8 Å². The van der Waals surface area contributed by atoms with Gasteiger partial charge in [0.05, 0.1) is 5.60 Å². The maximum Gasteiger partial charge on any atom is 0.221 e. The topological polar surface area (TPSA) is 49.3 Å². The van der Waals surface area contributed by atoms with E-state index in [2.05, 4.69) is 5.32 Å². The van der Waals surface area contributed by atoms with Gasteiger partial charge in [0.25, 0.3) is 0 Å². The average molecular weight is 220 g/mol. The van der Waals surface area contributed by atoms with E-state index in [0.29, 0.717) is 18.8 Å². The fourth-order valence-corrected chi connectivity index (χ4v) is 2.00. The molecule has 1 fully saturated rings. The van der Waals surface area contributed by atoms with Crippen LogP contribution in [0.25, 0.3) is 0 Å². The van der Waals surface area contributed by atoms with Gasteiger partial charge >= 0.3 is 0 Å². The number of hydrogen-bond donors (Lipinski definition) is 2. The van der Waals surface area contributed by atoms with E-state index in [1.54, 1.807) is 0 Å². The van der Waals surface area contributed by atoms with Crippen LogP contribution in [0.15, 0.2) is 0 Å². The number of amides is 1. The second-order valence-corrected chi connectivity index (χ2v) is 4.38. The minimum atomic E-state index is -0.666. The monoisotopic (exact) mass is 219 g/mol. The first-order valence-corrected chi connectivity index (χ1v) is 5.75. The van der Waals surface area contributed by atoms with Crippen molar-refractivity contribution in [1.29, 1.82) is 0 Å². The highest BCUT2D eigenvalue weighted by Crippen LogP contribution is 2.27. The molecule has 0 unspecified atom stereocenters. The number of hydrogen-bond acceptors (Lipinski definition) is 2. The van der Waals surface area contributed by atoms with Gasteiger partial charge in [0, 0.05) is 18.8 Å². The summed E-state index contributed by atoms with van der Waals surface area (Å²) in [6.07, 6.45) is 5.24. The molecule has 1 amide bonds. The zero-order valence-electron chi connectivity index (χ0n) is 8.39. The number of aliphatic hydroxyl groups is 1. The van der Waals surface area contributed by atoms with Crippen molar-refractivity contribution in [3.63, 3.8) is 0 Å². The summed E-state index contributed by atoms with van der Waals surface area (Å²) in [5.74, 6) is 0.267. The lowest BCUT2D eigenvalue weighted by Crippen LogP contribution is -2.44. The molecule has 1 rings (SSSR count). The van der Waals surface area contributed by atoms with Crippen molar-refractivity contribution >= 4 is 17.5 Å². The molecule has 0 aromatic rings. The van der Waals surface area contributed by atoms with E-state index in [1.165, 1.54) is 6.42 Å². The van der Waals surface area contributed by atoms with Crippen LogP contribution in [0.5, 0.6) is 0 Å². The molecule has 2 N–H and O–H groups in total. The fourth-order valence-electron chi connectivity index (χ4n) is 1.82. The summed E-state index contributed by atoms with van der Waals surface area (Å²) in [4.78, 5) is 11.1. The van der Waals surface area contributed by atoms with Gasteiger partial charge in [-0.3, -0.25) is 4.79 Å². The van der Waals surface area contributed by atoms with E-state index >= 15 is 0 Å². The zero-order valence-corrected chi connectivity index (χ0v) is 9.15. The molecule has 14 heavy (non-hydrogen) atoms. The van der Waals surface area contributed by atoms with Gasteiger partial charge in [0.1, 0.15) is 0 Å². The molecule has 0 aromatic carbocycles. The highest BCUT2D eigenvalue weighted by Gasteiger charge is 2.29. The van der Waals surface area contributed by atoms with Crippen LogP contribution in [-0.4, -0.2) is 29.0 Å². The highest BCUT2D eigenvalue weighted by molar-refractivity contribution is 6.18. The molecule has 4 heteroatoms. The summed E-state index contributed by atoms with van der Waals surface area (Å²) in [6, 6.07) is 0. The van der Waals surface area contributed by atoms with Gasteiger partial charge in [-0.05, 0) is 12.8 Å². The Balaban J connectivity index is 2.24. The Hall–Kier alpha value is -0.280. The zero-order chi connectivity index (χ0) is 10.4. The van der Waals surface area contributed by atoms with Gasteiger partial charge in [-0.2, -0.15) is 0 Å². The lowest BCUT2D eigenvalue weighted by Gasteiger charge is -2.32. The predicted molar refractivity (Wildman–Crippen MR) is 56.4 cm³/mol. The summed E-state index contributed by atoms with van der Waals surface area (Å²) in [5, 5.41) is 12.8. The number of halogens is 1. The molecular weight excluding hydrogens is 202 g/mol. The molecule has 0 spiro atoms. The van der Waals surface area contributed by atoms with Gasteiger partial charge in [-0.15, -0.1) is 11.6 Å². The highest BCUT2D eigenvalue weighted by atomic mass is 35.5. The smallest absolute Gasteiger partial charge is 0.221 e. The molecule has 0 atom stereocenters. The van der Waals surface area contributed by atoms with Crippen LogP contribution in [0, 0.1) is 0 Å². The van der Waals surface area contributed by atoms with Gasteiger partial charge in [0.15, 0.2) is 0 Å². The summed E-state index contributed by atoms with van der Waals surface area (Å²) in [5.41, 5.74) is -0.666. The second-order valence-electron chi connectivity index (χ2n) is 4.00. The maximum absolute atomic E-state index is 11.1. The molecule has 0 aliphatic heterocycles. The minimum Gasteiger partial charge on any atom is -0.388 e. The van der Waals surface area contributed by atoms with Crippen LogP contribution < -0.4 is 5.32 Å². The van der Waals surface area contributed by atoms with Crippen LogP contribution >= 0.6 is 11.6 Å². The first-order chi connectivity index (χ1) is 6.66. The van der Waals surface area contributed by atoms with Crippen LogP contribution in [0.4, 0.5) is 0 Å². The third-order valence-electron chi connectivity index (χ3n) is 2.72. The summed E-state index contributed by atoms with van der Waals surface area (Å²) < 4.78 is 0. The van der Waals surface area contributed by atoms with Gasteiger partial charge < -0.3 is 10.4 Å². The average Bonchev–Trinajstić information content (AvgIpc) is 2.17. The lowest BCUT2D eigenvalue weighted by atomic mass is 9.85. The molecule has 0 aromatic heterocycles. The van der Waals surface area contributed by atoms with Gasteiger partial charge in [0.2, 0.25) is 5.91 Å². The molecule has 82 valence electrons. The van der Waals surface area contributed by atoms with Crippen LogP contribution in [0.1, 0.15) is 38.5 Å². The largest absolute Gasteiger partial charge is 0.388 e. The summed E-state index contributed by atoms with van der Waals surface area (Å²) in [7, 11) is 0. The number of rotatable bonds is 4. The number of carbonyl (C=O) groups is 1. The molecule has 0 bridgehead atoms. The van der Waals surface area contributed by atoms with Crippen LogP contribution in [0.3, 0.4) is 0 Å². The van der Waals surface area contributed by atoms with E-state index < -0.39 is 5.60 Å². The third kappa shape index (κ3) is 3.84. The summed E-state index contributed by atoms with van der Waals surface area (Å²) in [6.45, 7) is 0.378. The van der Waals surface area contributed by atoms with Crippen LogP contribution in [-0.2, 0) is 4.79 Å². The summed E-state index contributed by atoms with van der Waals surface area (Å²) >= 11 is 5.43. The molecule has 0 saturated heterocycles. The number of alkyl halides is 1. The first-order valence-electron chi connectivity index (χ1n) is 5.21. The Morgan fingerprint density at radius 2 is 2.00 bits per heavy atom. The van der Waals surface area contributed by atoms with Crippen molar-refractivity contribution < 1.29 is 9.90 Å². The van der Waals surface area contributed by atoms with Crippen molar-refractivity contribution in [2.45, 2.75) is 44.1 Å². The van der Waals surface area contributed by atoms with Gasteiger partial charge in [-0.25, -0.2) is 0 Å². The normalized spacial score (nSPS) is 20.4. The molecule has 0 heterocycles. The van der Waals surface area contributed by atoms with Crippen molar-refractivity contribution in [2.75, 3.05) is 12.4 Å². The van der Waals surface area contributed by atoms with Crippen molar-refractivity contribution in [3.05, 3.63) is 0 Å². The minimum absolute atomic E-state index is 0.0704. The van der Waals surface area contributed by atoms with E-state index in [1.807, 2.05) is 0 Å². The standard InChI is InChI=1S/C10H18ClNO2/c11-7-4-9(13)12-8-10(14)5-2-1-3-6-10/h14H,1-8H2,(H,12,13). The Bertz CT molecular complexity index is 191. The van der Waals surface area contributed by atoms with Crippen molar-refractivity contribution in [2.24, 2.45) is 0 Å². The number of nitrogens with one attached hydrogen (secondary N) is 1. The maximum atomic E-state index is 11.1. The fraction of sp³-hybridized carbons (Fsp3) is 0.900. The molecule has 1 aliphatic carbocycles. The third-order valence-corrected chi connectivity index (χ3v) is 2.91. The van der Waals surface area contributed by atoms with Crippen molar-refractivity contribution in [1.82, 2.24) is 5.32 Å². The first kappa shape index (κ1) is 11.8. The van der Waals surface area contributed by atoms with E-state index in [4.69, 9.17) is 11.6 Å². The van der Waals surface area contributed by atoms with E-state index in [9.17, 15) is 9.90 Å². The second kappa shape index (κ2) is 5.56. The Morgan fingerprint density at radius 1 is 1.36 bits per heavy atom. The van der Waals surface area contributed by atoms with E-state index in [0.717, 1.165) is 25.7 Å². The molecule has 1 aliphatic rings. The SMILES string of the molecule is O=C(CCCl)NCC1(O)CCCCC1. The molecule has 0 radical (unpaired) electrons. The number of carbonyl (C=O) groups excluding carboxylic acids is 1. The Morgan fingerprint density at radius 3 is 2.57 bits per heavy atom. The van der Waals surface area contributed by atoms with Gasteiger partial charge in [-0.1, -0.05) is 19.3 Å². The quantitative estimate of drug-likeness (QED) is 0.703. The molecule has 1 saturated carbocycles.